The van der Waals surface area contributed by atoms with Gasteiger partial charge in [0.05, 0.1) is 7.11 Å². The number of aryl methyl sites for hydroxylation is 1. The molecule has 2 rings (SSSR count). The van der Waals surface area contributed by atoms with Gasteiger partial charge in [0.25, 0.3) is 5.56 Å². The number of rotatable bonds is 5. The first-order valence-electron chi connectivity index (χ1n) is 7.01. The van der Waals surface area contributed by atoms with Crippen molar-refractivity contribution in [3.8, 4) is 0 Å². The fourth-order valence-corrected chi connectivity index (χ4v) is 3.11. The quantitative estimate of drug-likeness (QED) is 0.414. The summed E-state index contributed by atoms with van der Waals surface area (Å²) in [6.45, 7) is 1.76. The molecule has 2 heterocycles. The maximum absolute atomic E-state index is 12.5. The van der Waals surface area contributed by atoms with Crippen molar-refractivity contribution in [1.82, 2.24) is 19.1 Å². The highest BCUT2D eigenvalue weighted by Gasteiger charge is 2.22. The van der Waals surface area contributed by atoms with E-state index in [-0.39, 0.29) is 17.6 Å². The minimum absolute atomic E-state index is 0.111. The third-order valence-corrected chi connectivity index (χ3v) is 4.47. The van der Waals surface area contributed by atoms with Gasteiger partial charge in [-0.2, -0.15) is 0 Å². The monoisotopic (exact) mass is 354 g/mol. The summed E-state index contributed by atoms with van der Waals surface area (Å²) < 4.78 is 12.0. The van der Waals surface area contributed by atoms with Crippen molar-refractivity contribution in [2.24, 2.45) is 14.1 Å². The van der Waals surface area contributed by atoms with Gasteiger partial charge in [-0.15, -0.1) is 0 Å². The molecule has 0 N–H and O–H groups in total. The third kappa shape index (κ3) is 3.20. The van der Waals surface area contributed by atoms with E-state index in [9.17, 15) is 14.4 Å². The highest BCUT2D eigenvalue weighted by Crippen LogP contribution is 2.26. The van der Waals surface area contributed by atoms with E-state index in [1.807, 2.05) is 0 Å². The molecule has 0 saturated heterocycles. The van der Waals surface area contributed by atoms with E-state index < -0.39 is 22.5 Å². The zero-order valence-electron chi connectivity index (χ0n) is 14.0. The molecule has 2 aromatic rings. The fraction of sp³-hybridized carbons (Fsp3) is 0.500. The van der Waals surface area contributed by atoms with Gasteiger partial charge in [-0.25, -0.2) is 14.8 Å². The maximum atomic E-state index is 12.5. The van der Waals surface area contributed by atoms with E-state index in [4.69, 9.17) is 9.47 Å². The molecule has 0 spiro atoms. The molecule has 0 aliphatic carbocycles. The van der Waals surface area contributed by atoms with Gasteiger partial charge in [0, 0.05) is 21.2 Å². The molecule has 24 heavy (non-hydrogen) atoms. The summed E-state index contributed by atoms with van der Waals surface area (Å²) in [5.74, 6) is -0.130. The lowest BCUT2D eigenvalue weighted by molar-refractivity contribution is -0.139. The van der Waals surface area contributed by atoms with Crippen molar-refractivity contribution in [3.05, 3.63) is 26.7 Å². The average molecular weight is 354 g/mol. The van der Waals surface area contributed by atoms with E-state index in [0.29, 0.717) is 10.9 Å². The predicted molar refractivity (Wildman–Crippen MR) is 88.1 cm³/mol. The van der Waals surface area contributed by atoms with Crippen LogP contribution < -0.4 is 11.2 Å². The SMILES string of the molecule is COCc1nc(S[C@@H](C)C(=O)OC)c2c(=O)n(C)c(=O)n(C)c2n1. The molecule has 10 heteroatoms. The topological polar surface area (TPSA) is 105 Å². The number of methoxy groups -OCH3 is 2. The standard InChI is InChI=1S/C14H18N4O5S/c1-7(13(20)23-5)24-11-9-10(15-8(16-11)6-22-4)17(2)14(21)18(3)12(9)19/h7H,6H2,1-5H3/t7-/m0/s1. The molecule has 0 aliphatic rings. The molecule has 2 aromatic heterocycles. The van der Waals surface area contributed by atoms with Gasteiger partial charge in [0.2, 0.25) is 0 Å². The highest BCUT2D eigenvalue weighted by atomic mass is 32.2. The summed E-state index contributed by atoms with van der Waals surface area (Å²) in [6.07, 6.45) is 0. The van der Waals surface area contributed by atoms with Crippen LogP contribution in [0.15, 0.2) is 14.6 Å². The zero-order valence-corrected chi connectivity index (χ0v) is 14.8. The zero-order chi connectivity index (χ0) is 18.0. The molecular weight excluding hydrogens is 336 g/mol. The minimum atomic E-state index is -0.578. The first kappa shape index (κ1) is 18.1. The largest absolute Gasteiger partial charge is 0.468 e. The third-order valence-electron chi connectivity index (χ3n) is 3.41. The van der Waals surface area contributed by atoms with Crippen molar-refractivity contribution in [1.29, 1.82) is 0 Å². The van der Waals surface area contributed by atoms with Crippen LogP contribution in [0.4, 0.5) is 0 Å². The van der Waals surface area contributed by atoms with E-state index in [0.717, 1.165) is 16.3 Å². The number of carbonyl (C=O) groups excluding carboxylic acids is 1. The van der Waals surface area contributed by atoms with Crippen LogP contribution in [0.5, 0.6) is 0 Å². The van der Waals surface area contributed by atoms with Crippen molar-refractivity contribution >= 4 is 28.8 Å². The first-order chi connectivity index (χ1) is 11.3. The van der Waals surface area contributed by atoms with Gasteiger partial charge in [-0.3, -0.25) is 18.7 Å². The number of hydrogen-bond donors (Lipinski definition) is 0. The molecule has 9 nitrogen and oxygen atoms in total. The molecular formula is C14H18N4O5S. The predicted octanol–water partition coefficient (Wildman–Crippen LogP) is -0.173. The number of ether oxygens (including phenoxy) is 2. The Morgan fingerprint density at radius 3 is 2.46 bits per heavy atom. The Kier molecular flexibility index (Phi) is 5.40. The molecule has 0 aromatic carbocycles. The van der Waals surface area contributed by atoms with Crippen LogP contribution >= 0.6 is 11.8 Å². The molecule has 0 amide bonds. The number of nitrogens with zero attached hydrogens (tertiary/aromatic N) is 4. The second-order valence-electron chi connectivity index (χ2n) is 5.07. The van der Waals surface area contributed by atoms with Gasteiger partial charge in [0.1, 0.15) is 22.3 Å². The summed E-state index contributed by atoms with van der Waals surface area (Å²) in [6, 6.07) is 0. The number of hydrogen-bond acceptors (Lipinski definition) is 8. The van der Waals surface area contributed by atoms with Gasteiger partial charge in [-0.1, -0.05) is 11.8 Å². The Morgan fingerprint density at radius 1 is 1.21 bits per heavy atom. The Morgan fingerprint density at radius 2 is 1.88 bits per heavy atom. The number of fused-ring (bicyclic) bond motifs is 1. The van der Waals surface area contributed by atoms with Crippen molar-refractivity contribution < 1.29 is 14.3 Å². The second kappa shape index (κ2) is 7.14. The fourth-order valence-electron chi connectivity index (χ4n) is 2.13. The Balaban J connectivity index is 2.78. The maximum Gasteiger partial charge on any atom is 0.332 e. The van der Waals surface area contributed by atoms with Crippen LogP contribution in [-0.2, 0) is 35.0 Å². The lowest BCUT2D eigenvalue weighted by atomic mass is 10.4. The summed E-state index contributed by atoms with van der Waals surface area (Å²) in [5.41, 5.74) is -0.812. The van der Waals surface area contributed by atoms with E-state index in [1.165, 1.54) is 32.9 Å². The lowest BCUT2D eigenvalue weighted by Gasteiger charge is -2.13. The Hall–Kier alpha value is -2.20. The van der Waals surface area contributed by atoms with E-state index in [2.05, 4.69) is 9.97 Å². The van der Waals surface area contributed by atoms with Gasteiger partial charge < -0.3 is 9.47 Å². The summed E-state index contributed by atoms with van der Waals surface area (Å²) in [7, 11) is 5.67. The molecule has 0 unspecified atom stereocenters. The van der Waals surface area contributed by atoms with E-state index >= 15 is 0 Å². The first-order valence-corrected chi connectivity index (χ1v) is 7.89. The molecule has 0 bridgehead atoms. The number of carbonyl (C=O) groups is 1. The van der Waals surface area contributed by atoms with E-state index in [1.54, 1.807) is 6.92 Å². The molecule has 0 aliphatic heterocycles. The number of thioether (sulfide) groups is 1. The van der Waals surface area contributed by atoms with Crippen molar-refractivity contribution in [2.45, 2.75) is 23.8 Å². The minimum Gasteiger partial charge on any atom is -0.468 e. The van der Waals surface area contributed by atoms with Crippen LogP contribution in [0.2, 0.25) is 0 Å². The Labute approximate surface area is 141 Å². The molecule has 1 atom stereocenters. The van der Waals surface area contributed by atoms with Crippen molar-refractivity contribution in [3.63, 3.8) is 0 Å². The van der Waals surface area contributed by atoms with Crippen LogP contribution in [0.3, 0.4) is 0 Å². The van der Waals surface area contributed by atoms with Crippen LogP contribution in [0, 0.1) is 0 Å². The van der Waals surface area contributed by atoms with Gasteiger partial charge >= 0.3 is 11.7 Å². The summed E-state index contributed by atoms with van der Waals surface area (Å²) >= 11 is 1.07. The molecule has 0 fully saturated rings. The number of aromatic nitrogens is 4. The molecule has 0 radical (unpaired) electrons. The van der Waals surface area contributed by atoms with Crippen LogP contribution in [0.25, 0.3) is 11.0 Å². The van der Waals surface area contributed by atoms with Crippen LogP contribution in [-0.4, -0.2) is 44.5 Å². The molecule has 0 saturated carbocycles. The molecule has 130 valence electrons. The summed E-state index contributed by atoms with van der Waals surface area (Å²) in [5, 5.41) is -0.0909. The lowest BCUT2D eigenvalue weighted by Crippen LogP contribution is -2.38. The number of esters is 1. The van der Waals surface area contributed by atoms with Gasteiger partial charge in [0.15, 0.2) is 11.5 Å². The van der Waals surface area contributed by atoms with Crippen molar-refractivity contribution in [2.75, 3.05) is 14.2 Å². The van der Waals surface area contributed by atoms with Gasteiger partial charge in [-0.05, 0) is 6.92 Å². The summed E-state index contributed by atoms with van der Waals surface area (Å²) in [4.78, 5) is 44.9. The van der Waals surface area contributed by atoms with Crippen LogP contribution in [0.1, 0.15) is 12.7 Å². The smallest absolute Gasteiger partial charge is 0.332 e. The average Bonchev–Trinajstić information content (AvgIpc) is 2.57. The second-order valence-corrected chi connectivity index (χ2v) is 6.40. The highest BCUT2D eigenvalue weighted by molar-refractivity contribution is 8.00. The normalized spacial score (nSPS) is 12.4. The Bertz CT molecular complexity index is 905.